The first kappa shape index (κ1) is 21.6. The zero-order chi connectivity index (χ0) is 23.7. The molecule has 0 N–H and O–H groups in total. The SMILES string of the molecule is Cn1cc(C(=O)N2CCN(C(=O)Cc3ccccc3)CC2)c2nn(-c3ccccc3)c(=O)c-2c1. The molecule has 172 valence electrons. The highest BCUT2D eigenvalue weighted by Crippen LogP contribution is 2.24. The number of aryl methyl sites for hydroxylation is 1. The fourth-order valence-corrected chi connectivity index (χ4v) is 4.35. The third kappa shape index (κ3) is 4.10. The van der Waals surface area contributed by atoms with Crippen molar-refractivity contribution in [3.8, 4) is 16.9 Å². The third-order valence-corrected chi connectivity index (χ3v) is 6.15. The van der Waals surface area contributed by atoms with Gasteiger partial charge in [0.15, 0.2) is 0 Å². The highest BCUT2D eigenvalue weighted by molar-refractivity contribution is 6.00. The molecular weight excluding hydrogens is 430 g/mol. The van der Waals surface area contributed by atoms with E-state index in [9.17, 15) is 14.4 Å². The Bertz CT molecular complexity index is 1350. The summed E-state index contributed by atoms with van der Waals surface area (Å²) >= 11 is 0. The number of piperazine rings is 1. The van der Waals surface area contributed by atoms with Gasteiger partial charge in [0.1, 0.15) is 5.69 Å². The van der Waals surface area contributed by atoms with E-state index >= 15 is 0 Å². The Kier molecular flexibility index (Phi) is 5.71. The van der Waals surface area contributed by atoms with E-state index in [0.29, 0.717) is 55.1 Å². The number of hydrogen-bond acceptors (Lipinski definition) is 4. The lowest BCUT2D eigenvalue weighted by atomic mass is 10.1. The van der Waals surface area contributed by atoms with Crippen LogP contribution in [-0.4, -0.2) is 62.1 Å². The van der Waals surface area contributed by atoms with Crippen molar-refractivity contribution in [2.75, 3.05) is 26.2 Å². The Labute approximate surface area is 197 Å². The molecule has 2 amide bonds. The van der Waals surface area contributed by atoms with Gasteiger partial charge in [-0.3, -0.25) is 14.4 Å². The van der Waals surface area contributed by atoms with Crippen molar-refractivity contribution in [2.45, 2.75) is 6.42 Å². The summed E-state index contributed by atoms with van der Waals surface area (Å²) < 4.78 is 3.05. The highest BCUT2D eigenvalue weighted by Gasteiger charge is 2.29. The summed E-state index contributed by atoms with van der Waals surface area (Å²) in [6.07, 6.45) is 3.76. The maximum absolute atomic E-state index is 13.4. The van der Waals surface area contributed by atoms with Crippen LogP contribution >= 0.6 is 0 Å². The first-order valence-electron chi connectivity index (χ1n) is 11.3. The second-order valence-electron chi connectivity index (χ2n) is 8.49. The van der Waals surface area contributed by atoms with E-state index in [1.807, 2.05) is 48.5 Å². The zero-order valence-electron chi connectivity index (χ0n) is 18.9. The van der Waals surface area contributed by atoms with Gasteiger partial charge in [-0.25, -0.2) is 0 Å². The summed E-state index contributed by atoms with van der Waals surface area (Å²) in [6, 6.07) is 18.8. The number of hydrogen-bond donors (Lipinski definition) is 0. The second kappa shape index (κ2) is 8.97. The molecule has 0 atom stereocenters. The molecule has 2 aromatic rings. The van der Waals surface area contributed by atoms with E-state index in [-0.39, 0.29) is 17.4 Å². The molecule has 0 saturated carbocycles. The van der Waals surface area contributed by atoms with E-state index < -0.39 is 0 Å². The molecule has 0 bridgehead atoms. The van der Waals surface area contributed by atoms with Gasteiger partial charge in [0.05, 0.1) is 23.2 Å². The molecule has 3 heterocycles. The summed E-state index contributed by atoms with van der Waals surface area (Å²) in [5.41, 5.74) is 2.54. The number of pyridine rings is 1. The molecule has 0 aromatic heterocycles. The first-order valence-corrected chi connectivity index (χ1v) is 11.3. The van der Waals surface area contributed by atoms with Gasteiger partial charge in [0, 0.05) is 45.6 Å². The molecule has 8 nitrogen and oxygen atoms in total. The summed E-state index contributed by atoms with van der Waals surface area (Å²) in [4.78, 5) is 42.7. The highest BCUT2D eigenvalue weighted by atomic mass is 16.2. The average molecular weight is 456 g/mol. The smallest absolute Gasteiger partial charge is 0.282 e. The Morgan fingerprint density at radius 2 is 1.47 bits per heavy atom. The fraction of sp³-hybridized carbons (Fsp3) is 0.231. The molecule has 34 heavy (non-hydrogen) atoms. The molecule has 0 radical (unpaired) electrons. The quantitative estimate of drug-likeness (QED) is 0.473. The van der Waals surface area contributed by atoms with Gasteiger partial charge in [0.25, 0.3) is 11.5 Å². The number of carbonyl (C=O) groups excluding carboxylic acids is 2. The van der Waals surface area contributed by atoms with Crippen LogP contribution in [-0.2, 0) is 18.3 Å². The number of carbonyl (C=O) groups is 2. The van der Waals surface area contributed by atoms with Gasteiger partial charge < -0.3 is 14.4 Å². The predicted octanol–water partition coefficient (Wildman–Crippen LogP) is 2.20. The molecule has 2 aromatic carbocycles. The Balaban J connectivity index is 1.35. The number of aromatic nitrogens is 3. The van der Waals surface area contributed by atoms with Crippen molar-refractivity contribution in [3.05, 3.63) is 94.5 Å². The summed E-state index contributed by atoms with van der Waals surface area (Å²) in [5.74, 6) is -0.126. The van der Waals surface area contributed by atoms with Crippen molar-refractivity contribution in [1.82, 2.24) is 24.1 Å². The minimum atomic E-state index is -0.261. The number of rotatable bonds is 4. The molecule has 3 aliphatic heterocycles. The molecular formula is C26H25N5O3. The normalized spacial score (nSPS) is 13.9. The van der Waals surface area contributed by atoms with Crippen LogP contribution in [0.1, 0.15) is 15.9 Å². The molecule has 8 heteroatoms. The summed E-state index contributed by atoms with van der Waals surface area (Å²) in [7, 11) is 1.79. The van der Waals surface area contributed by atoms with Crippen LogP contribution in [0.4, 0.5) is 0 Å². The standard InChI is InChI=1S/C26H25N5O3/c1-28-17-21(24-22(18-28)26(34)31(27-24)20-10-6-3-7-11-20)25(33)30-14-12-29(13-15-30)23(32)16-19-8-4-2-5-9-19/h2-11,17-18H,12-16H2,1H3. The van der Waals surface area contributed by atoms with E-state index in [4.69, 9.17) is 0 Å². The van der Waals surface area contributed by atoms with Crippen LogP contribution in [0.2, 0.25) is 0 Å². The largest absolute Gasteiger partial charge is 0.356 e. The van der Waals surface area contributed by atoms with Crippen molar-refractivity contribution >= 4 is 11.8 Å². The number of benzene rings is 2. The molecule has 1 saturated heterocycles. The van der Waals surface area contributed by atoms with Crippen LogP contribution in [0, 0.1) is 0 Å². The molecule has 0 spiro atoms. The topological polar surface area (TPSA) is 80.4 Å². The van der Waals surface area contributed by atoms with Gasteiger partial charge >= 0.3 is 0 Å². The minimum Gasteiger partial charge on any atom is -0.356 e. The van der Waals surface area contributed by atoms with Gasteiger partial charge in [-0.05, 0) is 17.7 Å². The number of fused-ring (bicyclic) bond motifs is 1. The lowest BCUT2D eigenvalue weighted by Gasteiger charge is -2.35. The van der Waals surface area contributed by atoms with Gasteiger partial charge in [-0.15, -0.1) is 0 Å². The summed E-state index contributed by atoms with van der Waals surface area (Å²) in [5, 5.41) is 4.51. The maximum atomic E-state index is 13.4. The zero-order valence-corrected chi connectivity index (χ0v) is 18.9. The van der Waals surface area contributed by atoms with E-state index in [1.165, 1.54) is 4.68 Å². The van der Waals surface area contributed by atoms with E-state index in [2.05, 4.69) is 5.10 Å². The van der Waals surface area contributed by atoms with E-state index in [1.54, 1.807) is 45.9 Å². The Morgan fingerprint density at radius 3 is 2.15 bits per heavy atom. The molecule has 0 unspecified atom stereocenters. The maximum Gasteiger partial charge on any atom is 0.282 e. The number of para-hydroxylation sites is 1. The molecule has 0 aliphatic carbocycles. The van der Waals surface area contributed by atoms with Crippen molar-refractivity contribution < 1.29 is 9.59 Å². The molecule has 5 rings (SSSR count). The Hall–Kier alpha value is -4.20. The summed E-state index contributed by atoms with van der Waals surface area (Å²) in [6.45, 7) is 1.82. The first-order chi connectivity index (χ1) is 16.5. The van der Waals surface area contributed by atoms with Crippen molar-refractivity contribution in [3.63, 3.8) is 0 Å². The van der Waals surface area contributed by atoms with Gasteiger partial charge in [-0.2, -0.15) is 9.78 Å². The number of amides is 2. The van der Waals surface area contributed by atoms with Crippen LogP contribution in [0.5, 0.6) is 0 Å². The monoisotopic (exact) mass is 455 g/mol. The van der Waals surface area contributed by atoms with Crippen molar-refractivity contribution in [2.24, 2.45) is 7.05 Å². The minimum absolute atomic E-state index is 0.0596. The fourth-order valence-electron chi connectivity index (χ4n) is 4.35. The van der Waals surface area contributed by atoms with Crippen molar-refractivity contribution in [1.29, 1.82) is 0 Å². The van der Waals surface area contributed by atoms with Crippen LogP contribution < -0.4 is 5.56 Å². The Morgan fingerprint density at radius 1 is 0.853 bits per heavy atom. The number of nitrogens with zero attached hydrogens (tertiary/aromatic N) is 5. The van der Waals surface area contributed by atoms with Crippen LogP contribution in [0.25, 0.3) is 16.9 Å². The van der Waals surface area contributed by atoms with Gasteiger partial charge in [-0.1, -0.05) is 48.5 Å². The lowest BCUT2D eigenvalue weighted by Crippen LogP contribution is -2.51. The molecule has 3 aliphatic rings. The average Bonchev–Trinajstić information content (AvgIpc) is 3.20. The predicted molar refractivity (Wildman–Crippen MR) is 128 cm³/mol. The molecule has 1 fully saturated rings. The van der Waals surface area contributed by atoms with E-state index in [0.717, 1.165) is 5.56 Å². The second-order valence-corrected chi connectivity index (χ2v) is 8.49. The van der Waals surface area contributed by atoms with Crippen LogP contribution in [0.3, 0.4) is 0 Å². The van der Waals surface area contributed by atoms with Crippen LogP contribution in [0.15, 0.2) is 77.9 Å². The lowest BCUT2D eigenvalue weighted by molar-refractivity contribution is -0.131. The third-order valence-electron chi connectivity index (χ3n) is 6.15. The van der Waals surface area contributed by atoms with Gasteiger partial charge in [0.2, 0.25) is 5.91 Å².